The third-order valence-electron chi connectivity index (χ3n) is 2.48. The maximum absolute atomic E-state index is 9.49. The van der Waals surface area contributed by atoms with Crippen molar-refractivity contribution >= 4 is 31.9 Å². The summed E-state index contributed by atoms with van der Waals surface area (Å²) in [5.41, 5.74) is 0.852. The van der Waals surface area contributed by atoms with Gasteiger partial charge in [0.15, 0.2) is 0 Å². The molecule has 0 amide bonds. The number of halogens is 2. The molecule has 0 aliphatic carbocycles. The molecule has 0 spiro atoms. The fraction of sp³-hybridized carbons (Fsp3) is 0.143. The van der Waals surface area contributed by atoms with Crippen molar-refractivity contribution in [2.24, 2.45) is 0 Å². The smallest absolute Gasteiger partial charge is 0.141 e. The van der Waals surface area contributed by atoms with E-state index in [2.05, 4.69) is 31.9 Å². The van der Waals surface area contributed by atoms with Crippen LogP contribution >= 0.6 is 31.9 Å². The lowest BCUT2D eigenvalue weighted by Gasteiger charge is -2.10. The average molecular weight is 372 g/mol. The van der Waals surface area contributed by atoms with E-state index in [0.29, 0.717) is 0 Å². The first kappa shape index (κ1) is 13.6. The van der Waals surface area contributed by atoms with Crippen LogP contribution in [-0.4, -0.2) is 5.11 Å². The summed E-state index contributed by atoms with van der Waals surface area (Å²) >= 11 is 6.82. The molecule has 0 saturated heterocycles. The molecule has 0 aliphatic heterocycles. The summed E-state index contributed by atoms with van der Waals surface area (Å²) in [5, 5.41) is 9.49. The van der Waals surface area contributed by atoms with E-state index >= 15 is 0 Å². The van der Waals surface area contributed by atoms with E-state index in [4.69, 9.17) is 4.74 Å². The number of hydrogen-bond donors (Lipinski definition) is 1. The van der Waals surface area contributed by atoms with Crippen LogP contribution in [0.25, 0.3) is 0 Å². The average Bonchev–Trinajstić information content (AvgIpc) is 2.34. The molecular formula is C14H12Br2O2. The Morgan fingerprint density at radius 2 is 1.72 bits per heavy atom. The first-order valence-electron chi connectivity index (χ1n) is 5.47. The summed E-state index contributed by atoms with van der Waals surface area (Å²) in [7, 11) is 0. The van der Waals surface area contributed by atoms with Crippen LogP contribution in [0.15, 0.2) is 51.4 Å². The van der Waals surface area contributed by atoms with Gasteiger partial charge in [0, 0.05) is 4.47 Å². The molecule has 94 valence electrons. The predicted octanol–water partition coefficient (Wildman–Crippen LogP) is 5.06. The molecule has 0 heterocycles. The van der Waals surface area contributed by atoms with Crippen molar-refractivity contribution in [3.8, 4) is 11.5 Å². The number of rotatable bonds is 3. The van der Waals surface area contributed by atoms with Gasteiger partial charge in [0.05, 0.1) is 10.6 Å². The van der Waals surface area contributed by atoms with E-state index < -0.39 is 6.10 Å². The van der Waals surface area contributed by atoms with Crippen molar-refractivity contribution in [3.05, 3.63) is 57.0 Å². The third kappa shape index (κ3) is 3.34. The topological polar surface area (TPSA) is 29.5 Å². The summed E-state index contributed by atoms with van der Waals surface area (Å²) in [6.07, 6.45) is -0.483. The zero-order valence-electron chi connectivity index (χ0n) is 9.73. The molecule has 0 aliphatic rings. The Labute approximate surface area is 123 Å². The van der Waals surface area contributed by atoms with Gasteiger partial charge in [0.2, 0.25) is 0 Å². The Morgan fingerprint density at radius 3 is 2.28 bits per heavy atom. The number of ether oxygens (including phenoxy) is 1. The van der Waals surface area contributed by atoms with Gasteiger partial charge in [-0.2, -0.15) is 0 Å². The minimum atomic E-state index is -0.483. The fourth-order valence-electron chi connectivity index (χ4n) is 1.49. The Morgan fingerprint density at radius 1 is 1.06 bits per heavy atom. The zero-order chi connectivity index (χ0) is 13.1. The van der Waals surface area contributed by atoms with Crippen LogP contribution in [0.5, 0.6) is 11.5 Å². The van der Waals surface area contributed by atoms with Crippen molar-refractivity contribution in [3.63, 3.8) is 0 Å². The summed E-state index contributed by atoms with van der Waals surface area (Å²) in [6.45, 7) is 1.73. The van der Waals surface area contributed by atoms with E-state index in [0.717, 1.165) is 26.0 Å². The Balaban J connectivity index is 2.22. The van der Waals surface area contributed by atoms with E-state index in [9.17, 15) is 5.11 Å². The second-order valence-corrected chi connectivity index (χ2v) is 5.69. The van der Waals surface area contributed by atoms with Gasteiger partial charge >= 0.3 is 0 Å². The summed E-state index contributed by atoms with van der Waals surface area (Å²) < 4.78 is 7.58. The molecule has 0 bridgehead atoms. The molecule has 4 heteroatoms. The minimum absolute atomic E-state index is 0.483. The second kappa shape index (κ2) is 5.87. The van der Waals surface area contributed by atoms with E-state index in [1.54, 1.807) is 6.92 Å². The van der Waals surface area contributed by atoms with Crippen LogP contribution in [0.4, 0.5) is 0 Å². The molecule has 2 rings (SSSR count). The lowest BCUT2D eigenvalue weighted by molar-refractivity contribution is 0.199. The summed E-state index contributed by atoms with van der Waals surface area (Å²) in [5.74, 6) is 1.49. The molecule has 0 radical (unpaired) electrons. The van der Waals surface area contributed by atoms with E-state index in [1.165, 1.54) is 0 Å². The molecule has 1 atom stereocenters. The number of benzene rings is 2. The van der Waals surface area contributed by atoms with Gasteiger partial charge in [-0.25, -0.2) is 0 Å². The molecule has 18 heavy (non-hydrogen) atoms. The molecule has 2 aromatic carbocycles. The number of hydrogen-bond acceptors (Lipinski definition) is 2. The molecule has 0 unspecified atom stereocenters. The second-order valence-electron chi connectivity index (χ2n) is 3.92. The highest BCUT2D eigenvalue weighted by molar-refractivity contribution is 9.10. The minimum Gasteiger partial charge on any atom is -0.456 e. The van der Waals surface area contributed by atoms with Gasteiger partial charge in [-0.05, 0) is 64.8 Å². The maximum atomic E-state index is 9.49. The molecular weight excluding hydrogens is 360 g/mol. The Hall–Kier alpha value is -0.840. The van der Waals surface area contributed by atoms with Crippen LogP contribution in [0, 0.1) is 0 Å². The Bertz CT molecular complexity index is 536. The third-order valence-corrected chi connectivity index (χ3v) is 3.63. The lowest BCUT2D eigenvalue weighted by Crippen LogP contribution is -1.92. The van der Waals surface area contributed by atoms with Crippen LogP contribution in [0.3, 0.4) is 0 Å². The summed E-state index contributed by atoms with van der Waals surface area (Å²) in [6, 6.07) is 13.2. The van der Waals surface area contributed by atoms with Crippen LogP contribution in [0.1, 0.15) is 18.6 Å². The molecule has 2 nitrogen and oxygen atoms in total. The standard InChI is InChI=1S/C14H12Br2O2/c1-9(17)10-2-7-14(13(16)8-10)18-12-5-3-11(15)4-6-12/h2-9,17H,1H3/t9-/m0/s1. The van der Waals surface area contributed by atoms with Gasteiger partial charge < -0.3 is 9.84 Å². The highest BCUT2D eigenvalue weighted by Gasteiger charge is 2.07. The van der Waals surface area contributed by atoms with Gasteiger partial charge in [-0.1, -0.05) is 22.0 Å². The van der Waals surface area contributed by atoms with Crippen molar-refractivity contribution in [1.29, 1.82) is 0 Å². The zero-order valence-corrected chi connectivity index (χ0v) is 12.9. The van der Waals surface area contributed by atoms with Crippen LogP contribution in [-0.2, 0) is 0 Å². The molecule has 2 aromatic rings. The van der Waals surface area contributed by atoms with Gasteiger partial charge in [0.25, 0.3) is 0 Å². The molecule has 0 aromatic heterocycles. The van der Waals surface area contributed by atoms with Crippen LogP contribution in [0.2, 0.25) is 0 Å². The van der Waals surface area contributed by atoms with E-state index in [1.807, 2.05) is 42.5 Å². The summed E-state index contributed by atoms with van der Waals surface area (Å²) in [4.78, 5) is 0. The van der Waals surface area contributed by atoms with E-state index in [-0.39, 0.29) is 0 Å². The lowest BCUT2D eigenvalue weighted by atomic mass is 10.1. The normalized spacial score (nSPS) is 12.2. The highest BCUT2D eigenvalue weighted by Crippen LogP contribution is 2.32. The highest BCUT2D eigenvalue weighted by atomic mass is 79.9. The molecule has 1 N–H and O–H groups in total. The van der Waals surface area contributed by atoms with Crippen molar-refractivity contribution in [2.45, 2.75) is 13.0 Å². The van der Waals surface area contributed by atoms with Crippen molar-refractivity contribution in [2.75, 3.05) is 0 Å². The number of aliphatic hydroxyl groups is 1. The first-order chi connectivity index (χ1) is 8.56. The Kier molecular flexibility index (Phi) is 4.43. The van der Waals surface area contributed by atoms with Crippen molar-refractivity contribution in [1.82, 2.24) is 0 Å². The monoisotopic (exact) mass is 370 g/mol. The fourth-order valence-corrected chi connectivity index (χ4v) is 2.23. The quantitative estimate of drug-likeness (QED) is 0.817. The van der Waals surface area contributed by atoms with Gasteiger partial charge in [-0.3, -0.25) is 0 Å². The maximum Gasteiger partial charge on any atom is 0.141 e. The molecule has 0 saturated carbocycles. The van der Waals surface area contributed by atoms with Gasteiger partial charge in [0.1, 0.15) is 11.5 Å². The van der Waals surface area contributed by atoms with Crippen molar-refractivity contribution < 1.29 is 9.84 Å². The first-order valence-corrected chi connectivity index (χ1v) is 7.06. The largest absolute Gasteiger partial charge is 0.456 e. The van der Waals surface area contributed by atoms with Crippen LogP contribution < -0.4 is 4.74 Å². The predicted molar refractivity (Wildman–Crippen MR) is 79.0 cm³/mol. The SMILES string of the molecule is C[C@H](O)c1ccc(Oc2ccc(Br)cc2)c(Br)c1. The van der Waals surface area contributed by atoms with Gasteiger partial charge in [-0.15, -0.1) is 0 Å². The molecule has 0 fully saturated rings. The number of aliphatic hydroxyl groups excluding tert-OH is 1.